The van der Waals surface area contributed by atoms with Gasteiger partial charge >= 0.3 is 17.9 Å². The van der Waals surface area contributed by atoms with Gasteiger partial charge in [0.2, 0.25) is 0 Å². The third-order valence-electron chi connectivity index (χ3n) is 4.81. The molecular formula is C25H26ClN3O7. The van der Waals surface area contributed by atoms with Crippen molar-refractivity contribution in [3.63, 3.8) is 0 Å². The number of carboxylic acids is 3. The average Bonchev–Trinajstić information content (AvgIpc) is 2.94. The van der Waals surface area contributed by atoms with Crippen LogP contribution in [0, 0.1) is 0 Å². The average molecular weight is 516 g/mol. The van der Waals surface area contributed by atoms with Crippen molar-refractivity contribution in [2.45, 2.75) is 12.8 Å². The minimum Gasteiger partial charge on any atom is -0.478 e. The van der Waals surface area contributed by atoms with Crippen LogP contribution in [0.5, 0.6) is 0 Å². The van der Waals surface area contributed by atoms with E-state index in [1.807, 2.05) is 36.4 Å². The maximum Gasteiger partial charge on any atom is 0.328 e. The van der Waals surface area contributed by atoms with Gasteiger partial charge in [-0.3, -0.25) is 4.79 Å². The lowest BCUT2D eigenvalue weighted by atomic mass is 10.1. The SMILES string of the molecule is O=C(O)/C=C/CNCCCCN1c2cc(Cl)ccc2NC(=O)c2ccccc21.O=C(O)/C=C\C(=O)O. The van der Waals surface area contributed by atoms with Crippen molar-refractivity contribution in [2.24, 2.45) is 0 Å². The van der Waals surface area contributed by atoms with Crippen molar-refractivity contribution in [3.05, 3.63) is 77.4 Å². The van der Waals surface area contributed by atoms with E-state index in [1.54, 1.807) is 12.1 Å². The third-order valence-corrected chi connectivity index (χ3v) is 5.05. The largest absolute Gasteiger partial charge is 0.478 e. The second-order valence-corrected chi connectivity index (χ2v) is 7.88. The molecule has 2 aromatic carbocycles. The molecule has 0 radical (unpaired) electrons. The first-order valence-corrected chi connectivity index (χ1v) is 11.3. The summed E-state index contributed by atoms with van der Waals surface area (Å²) < 4.78 is 0. The summed E-state index contributed by atoms with van der Waals surface area (Å²) in [7, 11) is 0. The monoisotopic (exact) mass is 515 g/mol. The molecule has 2 aromatic rings. The van der Waals surface area contributed by atoms with E-state index in [4.69, 9.17) is 26.9 Å². The Bertz CT molecular complexity index is 1150. The Hall–Kier alpha value is -4.15. The van der Waals surface area contributed by atoms with Crippen molar-refractivity contribution in [3.8, 4) is 0 Å². The highest BCUT2D eigenvalue weighted by atomic mass is 35.5. The number of anilines is 3. The van der Waals surface area contributed by atoms with E-state index in [9.17, 15) is 19.2 Å². The molecule has 1 heterocycles. The first kappa shape index (κ1) is 28.1. The summed E-state index contributed by atoms with van der Waals surface area (Å²) in [6.45, 7) is 2.03. The Morgan fingerprint density at radius 1 is 0.917 bits per heavy atom. The normalized spacial score (nSPS) is 12.2. The summed E-state index contributed by atoms with van der Waals surface area (Å²) in [5.41, 5.74) is 3.11. The molecule has 1 aliphatic heterocycles. The lowest BCUT2D eigenvalue weighted by Gasteiger charge is -2.26. The van der Waals surface area contributed by atoms with Crippen molar-refractivity contribution in [1.82, 2.24) is 5.32 Å². The zero-order valence-corrected chi connectivity index (χ0v) is 19.9. The summed E-state index contributed by atoms with van der Waals surface area (Å²) in [4.78, 5) is 44.3. The van der Waals surface area contributed by atoms with Crippen LogP contribution in [-0.2, 0) is 14.4 Å². The number of carbonyl (C=O) groups is 4. The summed E-state index contributed by atoms with van der Waals surface area (Å²) in [5, 5.41) is 31.0. The second-order valence-electron chi connectivity index (χ2n) is 7.45. The Balaban J connectivity index is 0.000000493. The van der Waals surface area contributed by atoms with Gasteiger partial charge in [0.25, 0.3) is 5.91 Å². The minimum absolute atomic E-state index is 0.131. The van der Waals surface area contributed by atoms with E-state index in [-0.39, 0.29) is 5.91 Å². The van der Waals surface area contributed by atoms with Crippen LogP contribution in [0.3, 0.4) is 0 Å². The Morgan fingerprint density at radius 2 is 1.58 bits per heavy atom. The second kappa shape index (κ2) is 14.3. The number of benzene rings is 2. The predicted octanol–water partition coefficient (Wildman–Crippen LogP) is 3.77. The van der Waals surface area contributed by atoms with Crippen molar-refractivity contribution < 1.29 is 34.5 Å². The number of amides is 1. The van der Waals surface area contributed by atoms with Crippen LogP contribution in [0.4, 0.5) is 17.1 Å². The molecule has 0 saturated carbocycles. The van der Waals surface area contributed by atoms with Crippen molar-refractivity contribution in [2.75, 3.05) is 29.9 Å². The van der Waals surface area contributed by atoms with Crippen molar-refractivity contribution >= 4 is 52.5 Å². The van der Waals surface area contributed by atoms with Crippen LogP contribution < -0.4 is 15.5 Å². The molecule has 10 nitrogen and oxygen atoms in total. The van der Waals surface area contributed by atoms with Crippen molar-refractivity contribution in [1.29, 1.82) is 0 Å². The van der Waals surface area contributed by atoms with E-state index in [0.717, 1.165) is 49.1 Å². The topological polar surface area (TPSA) is 156 Å². The number of fused-ring (bicyclic) bond motifs is 2. The molecule has 0 aromatic heterocycles. The predicted molar refractivity (Wildman–Crippen MR) is 136 cm³/mol. The highest BCUT2D eigenvalue weighted by molar-refractivity contribution is 6.31. The number of hydrogen-bond acceptors (Lipinski definition) is 6. The van der Waals surface area contributed by atoms with E-state index in [1.165, 1.54) is 0 Å². The highest BCUT2D eigenvalue weighted by Crippen LogP contribution is 2.39. The molecule has 0 fully saturated rings. The van der Waals surface area contributed by atoms with Gasteiger partial charge in [0.05, 0.1) is 22.6 Å². The smallest absolute Gasteiger partial charge is 0.328 e. The maximum absolute atomic E-state index is 12.6. The molecule has 1 amide bonds. The van der Waals surface area contributed by atoms with Gasteiger partial charge in [-0.25, -0.2) is 14.4 Å². The van der Waals surface area contributed by atoms with E-state index < -0.39 is 17.9 Å². The molecule has 36 heavy (non-hydrogen) atoms. The van der Waals surface area contributed by atoms with Gasteiger partial charge in [0.1, 0.15) is 0 Å². The molecule has 0 bridgehead atoms. The Kier molecular flexibility index (Phi) is 11.2. The molecule has 11 heteroatoms. The van der Waals surface area contributed by atoms with Crippen LogP contribution in [-0.4, -0.2) is 58.8 Å². The fourth-order valence-corrected chi connectivity index (χ4v) is 3.47. The molecular weight excluding hydrogens is 490 g/mol. The number of aliphatic carboxylic acids is 3. The number of para-hydroxylation sites is 1. The van der Waals surface area contributed by atoms with E-state index in [2.05, 4.69) is 15.5 Å². The quantitative estimate of drug-likeness (QED) is 0.235. The Morgan fingerprint density at radius 3 is 2.25 bits per heavy atom. The molecule has 0 aliphatic carbocycles. The Labute approximate surface area is 212 Å². The van der Waals surface area contributed by atoms with Gasteiger partial charge in [-0.2, -0.15) is 0 Å². The molecule has 1 aliphatic rings. The van der Waals surface area contributed by atoms with Gasteiger partial charge in [-0.15, -0.1) is 0 Å². The van der Waals surface area contributed by atoms with Gasteiger partial charge in [-0.05, 0) is 49.7 Å². The number of carbonyl (C=O) groups excluding carboxylic acids is 1. The third kappa shape index (κ3) is 9.24. The first-order valence-electron chi connectivity index (χ1n) is 10.9. The highest BCUT2D eigenvalue weighted by Gasteiger charge is 2.24. The summed E-state index contributed by atoms with van der Waals surface area (Å²) >= 11 is 6.22. The molecule has 3 rings (SSSR count). The molecule has 0 unspecified atom stereocenters. The summed E-state index contributed by atoms with van der Waals surface area (Å²) in [6.07, 6.45) is 5.64. The van der Waals surface area contributed by atoms with Crippen LogP contribution in [0.25, 0.3) is 0 Å². The van der Waals surface area contributed by atoms with Gasteiger partial charge in [-0.1, -0.05) is 29.8 Å². The standard InChI is InChI=1S/C21H22ClN3O3.C4H4O4/c22-15-9-10-17-19(14-15)25(13-4-3-11-23-12-5-8-20(26)27)18-7-2-1-6-16(18)21(28)24-17;5-3(6)1-2-4(7)8/h1-2,5-10,14,23H,3-4,11-13H2,(H,24,28)(H,26,27);1-2H,(H,5,6)(H,7,8)/b8-5+;2-1-. The van der Waals surface area contributed by atoms with Gasteiger partial charge < -0.3 is 30.9 Å². The number of rotatable bonds is 10. The fraction of sp³-hybridized carbons (Fsp3) is 0.200. The summed E-state index contributed by atoms with van der Waals surface area (Å²) in [6, 6.07) is 13.0. The summed E-state index contributed by atoms with van der Waals surface area (Å²) in [5.74, 6) is -3.59. The maximum atomic E-state index is 12.6. The van der Waals surface area contributed by atoms with Gasteiger partial charge in [0, 0.05) is 36.3 Å². The zero-order valence-electron chi connectivity index (χ0n) is 19.2. The molecule has 0 spiro atoms. The number of halogens is 1. The van der Waals surface area contributed by atoms with Crippen LogP contribution in [0.15, 0.2) is 66.8 Å². The molecule has 190 valence electrons. The first-order chi connectivity index (χ1) is 17.2. The lowest BCUT2D eigenvalue weighted by molar-refractivity contribution is -0.134. The number of hydrogen-bond donors (Lipinski definition) is 5. The van der Waals surface area contributed by atoms with Gasteiger partial charge in [0.15, 0.2) is 0 Å². The van der Waals surface area contributed by atoms with E-state index >= 15 is 0 Å². The molecule has 0 atom stereocenters. The van der Waals surface area contributed by atoms with Crippen LogP contribution >= 0.6 is 11.6 Å². The zero-order chi connectivity index (χ0) is 26.5. The minimum atomic E-state index is -1.26. The number of unbranched alkanes of at least 4 members (excludes halogenated alkanes) is 1. The molecule has 0 saturated heterocycles. The van der Waals surface area contributed by atoms with E-state index in [0.29, 0.717) is 29.3 Å². The van der Waals surface area contributed by atoms with Crippen LogP contribution in [0.1, 0.15) is 23.2 Å². The number of nitrogens with one attached hydrogen (secondary N) is 2. The van der Waals surface area contributed by atoms with Crippen LogP contribution in [0.2, 0.25) is 5.02 Å². The number of carboxylic acid groups (broad SMARTS) is 3. The molecule has 5 N–H and O–H groups in total. The fourth-order valence-electron chi connectivity index (χ4n) is 3.30. The lowest BCUT2D eigenvalue weighted by Crippen LogP contribution is -2.21. The number of nitrogens with zero attached hydrogens (tertiary/aromatic N) is 1.